The Balaban J connectivity index is 2.77. The van der Waals surface area contributed by atoms with Crippen molar-refractivity contribution in [2.45, 2.75) is 32.7 Å². The van der Waals surface area contributed by atoms with Gasteiger partial charge in [-0.2, -0.15) is 0 Å². The number of rotatable bonds is 7. The first-order valence-corrected chi connectivity index (χ1v) is 6.55. The van der Waals surface area contributed by atoms with Crippen molar-refractivity contribution in [2.24, 2.45) is 5.92 Å². The third-order valence-electron chi connectivity index (χ3n) is 2.88. The number of nitro groups is 1. The summed E-state index contributed by atoms with van der Waals surface area (Å²) >= 11 is 0. The number of para-hydroxylation sites is 1. The lowest BCUT2D eigenvalue weighted by Crippen LogP contribution is -2.42. The summed E-state index contributed by atoms with van der Waals surface area (Å²) < 4.78 is 0. The first-order chi connectivity index (χ1) is 9.81. The molecule has 0 saturated heterocycles. The minimum Gasteiger partial charge on any atom is -0.480 e. The van der Waals surface area contributed by atoms with Crippen molar-refractivity contribution >= 4 is 17.6 Å². The second-order valence-electron chi connectivity index (χ2n) is 5.15. The van der Waals surface area contributed by atoms with Gasteiger partial charge in [-0.15, -0.1) is 0 Å². The van der Waals surface area contributed by atoms with Crippen LogP contribution >= 0.6 is 0 Å². The standard InChI is InChI=1S/C14H18N2O5/c1-9(2)7-11(14(18)19)15-13(17)8-10-5-3-4-6-12(10)16(20)21/h3-6,9,11H,7-8H2,1-2H3,(H,15,17)(H,18,19). The van der Waals surface area contributed by atoms with Crippen molar-refractivity contribution in [3.05, 3.63) is 39.9 Å². The van der Waals surface area contributed by atoms with Gasteiger partial charge in [0.15, 0.2) is 0 Å². The number of carboxylic acid groups (broad SMARTS) is 1. The highest BCUT2D eigenvalue weighted by molar-refractivity contribution is 5.85. The van der Waals surface area contributed by atoms with Crippen LogP contribution in [0.25, 0.3) is 0 Å². The molecule has 0 bridgehead atoms. The third-order valence-corrected chi connectivity index (χ3v) is 2.88. The minimum absolute atomic E-state index is 0.109. The fourth-order valence-corrected chi connectivity index (χ4v) is 1.95. The van der Waals surface area contributed by atoms with E-state index in [1.807, 2.05) is 13.8 Å². The van der Waals surface area contributed by atoms with Crippen molar-refractivity contribution < 1.29 is 19.6 Å². The second-order valence-corrected chi connectivity index (χ2v) is 5.15. The van der Waals surface area contributed by atoms with Gasteiger partial charge >= 0.3 is 5.97 Å². The molecule has 0 spiro atoms. The van der Waals surface area contributed by atoms with E-state index >= 15 is 0 Å². The highest BCUT2D eigenvalue weighted by Crippen LogP contribution is 2.18. The molecule has 0 fully saturated rings. The van der Waals surface area contributed by atoms with Crippen LogP contribution in [0.5, 0.6) is 0 Å². The van der Waals surface area contributed by atoms with Crippen molar-refractivity contribution in [1.82, 2.24) is 5.32 Å². The van der Waals surface area contributed by atoms with Crippen molar-refractivity contribution in [1.29, 1.82) is 0 Å². The summed E-state index contributed by atoms with van der Waals surface area (Å²) in [5.41, 5.74) is 0.108. The number of aliphatic carboxylic acids is 1. The molecule has 1 atom stereocenters. The van der Waals surface area contributed by atoms with Crippen molar-refractivity contribution in [2.75, 3.05) is 0 Å². The normalized spacial score (nSPS) is 12.0. The average molecular weight is 294 g/mol. The fraction of sp³-hybridized carbons (Fsp3) is 0.429. The Hall–Kier alpha value is -2.44. The molecule has 0 aliphatic heterocycles. The van der Waals surface area contributed by atoms with E-state index in [1.54, 1.807) is 6.07 Å². The molecule has 0 heterocycles. The van der Waals surface area contributed by atoms with Gasteiger partial charge in [-0.25, -0.2) is 4.79 Å². The first kappa shape index (κ1) is 16.6. The lowest BCUT2D eigenvalue weighted by Gasteiger charge is -2.16. The minimum atomic E-state index is -1.11. The van der Waals surface area contributed by atoms with Crippen LogP contribution in [0.1, 0.15) is 25.8 Å². The number of carboxylic acids is 1. The number of amides is 1. The summed E-state index contributed by atoms with van der Waals surface area (Å²) in [7, 11) is 0. The van der Waals surface area contributed by atoms with Crippen molar-refractivity contribution in [3.8, 4) is 0 Å². The molecule has 0 saturated carbocycles. The van der Waals surface area contributed by atoms with Gasteiger partial charge in [0.2, 0.25) is 5.91 Å². The zero-order valence-electron chi connectivity index (χ0n) is 11.9. The Bertz CT molecular complexity index is 542. The quantitative estimate of drug-likeness (QED) is 0.588. The summed E-state index contributed by atoms with van der Waals surface area (Å²) in [5.74, 6) is -1.55. The van der Waals surface area contributed by atoms with E-state index in [0.717, 1.165) is 0 Å². The molecular formula is C14H18N2O5. The number of carbonyl (C=O) groups is 2. The van der Waals surface area contributed by atoms with Crippen LogP contribution in [-0.4, -0.2) is 27.9 Å². The maximum absolute atomic E-state index is 11.9. The number of hydrogen-bond acceptors (Lipinski definition) is 4. The lowest BCUT2D eigenvalue weighted by atomic mass is 10.0. The molecule has 1 aromatic rings. The van der Waals surface area contributed by atoms with E-state index in [1.165, 1.54) is 18.2 Å². The Morgan fingerprint density at radius 3 is 2.48 bits per heavy atom. The molecule has 1 rings (SSSR count). The average Bonchev–Trinajstić information content (AvgIpc) is 2.37. The third kappa shape index (κ3) is 5.21. The maximum Gasteiger partial charge on any atom is 0.326 e. The van der Waals surface area contributed by atoms with Crippen LogP contribution in [0.15, 0.2) is 24.3 Å². The van der Waals surface area contributed by atoms with Gasteiger partial charge in [-0.05, 0) is 12.3 Å². The topological polar surface area (TPSA) is 110 Å². The van der Waals surface area contributed by atoms with Crippen LogP contribution in [-0.2, 0) is 16.0 Å². The van der Waals surface area contributed by atoms with Crippen LogP contribution in [0.3, 0.4) is 0 Å². The highest BCUT2D eigenvalue weighted by Gasteiger charge is 2.22. The van der Waals surface area contributed by atoms with Gasteiger partial charge in [0.25, 0.3) is 5.69 Å². The predicted octanol–water partition coefficient (Wildman–Crippen LogP) is 1.75. The van der Waals surface area contributed by atoms with E-state index < -0.39 is 22.8 Å². The van der Waals surface area contributed by atoms with Crippen LogP contribution < -0.4 is 5.32 Å². The Morgan fingerprint density at radius 2 is 1.95 bits per heavy atom. The summed E-state index contributed by atoms with van der Waals surface area (Å²) in [6.45, 7) is 3.70. The molecule has 7 heteroatoms. The molecule has 0 aromatic heterocycles. The van der Waals surface area contributed by atoms with E-state index in [-0.39, 0.29) is 23.6 Å². The van der Waals surface area contributed by atoms with Gasteiger partial charge in [-0.1, -0.05) is 32.0 Å². The highest BCUT2D eigenvalue weighted by atomic mass is 16.6. The van der Waals surface area contributed by atoms with Crippen LogP contribution in [0.2, 0.25) is 0 Å². The number of carbonyl (C=O) groups excluding carboxylic acids is 1. The van der Waals surface area contributed by atoms with E-state index in [4.69, 9.17) is 5.11 Å². The molecule has 7 nitrogen and oxygen atoms in total. The summed E-state index contributed by atoms with van der Waals surface area (Å²) in [6, 6.07) is 4.92. The van der Waals surface area contributed by atoms with Gasteiger partial charge < -0.3 is 10.4 Å². The molecule has 1 amide bonds. The van der Waals surface area contributed by atoms with E-state index in [9.17, 15) is 19.7 Å². The molecule has 0 radical (unpaired) electrons. The number of nitrogens with zero attached hydrogens (tertiary/aromatic N) is 1. The zero-order valence-corrected chi connectivity index (χ0v) is 11.9. The predicted molar refractivity (Wildman–Crippen MR) is 75.8 cm³/mol. The SMILES string of the molecule is CC(C)CC(NC(=O)Cc1ccccc1[N+](=O)[O-])C(=O)O. The number of benzene rings is 1. The molecule has 0 aliphatic carbocycles. The van der Waals surface area contributed by atoms with Crippen LogP contribution in [0, 0.1) is 16.0 Å². The van der Waals surface area contributed by atoms with E-state index in [0.29, 0.717) is 6.42 Å². The van der Waals surface area contributed by atoms with Crippen molar-refractivity contribution in [3.63, 3.8) is 0 Å². The second kappa shape index (κ2) is 7.37. The van der Waals surface area contributed by atoms with Crippen LogP contribution in [0.4, 0.5) is 5.69 Å². The Labute approximate surface area is 122 Å². The molecule has 114 valence electrons. The summed E-state index contributed by atoms with van der Waals surface area (Å²) in [5, 5.41) is 22.3. The summed E-state index contributed by atoms with van der Waals surface area (Å²) in [6.07, 6.45) is 0.0803. The molecular weight excluding hydrogens is 276 g/mol. The monoisotopic (exact) mass is 294 g/mol. The van der Waals surface area contributed by atoms with Gasteiger partial charge in [0, 0.05) is 11.6 Å². The Morgan fingerprint density at radius 1 is 1.33 bits per heavy atom. The number of hydrogen-bond donors (Lipinski definition) is 2. The zero-order chi connectivity index (χ0) is 16.0. The smallest absolute Gasteiger partial charge is 0.326 e. The summed E-state index contributed by atoms with van der Waals surface area (Å²) in [4.78, 5) is 33.3. The largest absolute Gasteiger partial charge is 0.480 e. The lowest BCUT2D eigenvalue weighted by molar-refractivity contribution is -0.385. The van der Waals surface area contributed by atoms with Gasteiger partial charge in [-0.3, -0.25) is 14.9 Å². The molecule has 2 N–H and O–H groups in total. The maximum atomic E-state index is 11.9. The van der Waals surface area contributed by atoms with Gasteiger partial charge in [0.1, 0.15) is 6.04 Å². The molecule has 0 aliphatic rings. The number of nitrogens with one attached hydrogen (secondary N) is 1. The molecule has 1 aromatic carbocycles. The van der Waals surface area contributed by atoms with E-state index in [2.05, 4.69) is 5.32 Å². The first-order valence-electron chi connectivity index (χ1n) is 6.55. The molecule has 1 unspecified atom stereocenters. The van der Waals surface area contributed by atoms with Gasteiger partial charge in [0.05, 0.1) is 11.3 Å². The fourth-order valence-electron chi connectivity index (χ4n) is 1.95. The Kier molecular flexibility index (Phi) is 5.83. The molecule has 21 heavy (non-hydrogen) atoms. The number of nitro benzene ring substituents is 1.